The van der Waals surface area contributed by atoms with Crippen LogP contribution in [0.5, 0.6) is 0 Å². The molecule has 5 heteroatoms. The van der Waals surface area contributed by atoms with Crippen LogP contribution >= 0.6 is 12.2 Å². The smallest absolute Gasteiger partial charge is 0.257 e. The molecular weight excluding hydrogens is 251 g/mol. The van der Waals surface area contributed by atoms with E-state index in [0.29, 0.717) is 6.54 Å². The van der Waals surface area contributed by atoms with Gasteiger partial charge in [-0.1, -0.05) is 30.8 Å². The minimum atomic E-state index is -0.519. The third kappa shape index (κ3) is 3.77. The minimum absolute atomic E-state index is 0.0692. The number of nitrogens with two attached hydrogens (primary N) is 1. The molecule has 0 bridgehead atoms. The lowest BCUT2D eigenvalue weighted by atomic mass is 10.1. The molecule has 0 radical (unpaired) electrons. The number of thiocarbonyl (C=S) groups is 1. The van der Waals surface area contributed by atoms with Crippen molar-refractivity contribution in [1.82, 2.24) is 4.90 Å². The van der Waals surface area contributed by atoms with Gasteiger partial charge in [0.25, 0.3) is 5.91 Å². The van der Waals surface area contributed by atoms with Crippen molar-refractivity contribution < 1.29 is 9.18 Å². The highest BCUT2D eigenvalue weighted by Gasteiger charge is 2.19. The van der Waals surface area contributed by atoms with Gasteiger partial charge in [-0.2, -0.15) is 0 Å². The van der Waals surface area contributed by atoms with E-state index in [1.807, 2.05) is 13.8 Å². The van der Waals surface area contributed by atoms with E-state index in [1.54, 1.807) is 12.1 Å². The molecule has 0 aliphatic rings. The molecular formula is C13H17FN2OS. The number of carbonyl (C=O) groups excluding carboxylic acids is 1. The number of rotatable bonds is 5. The van der Waals surface area contributed by atoms with Crippen molar-refractivity contribution >= 4 is 23.1 Å². The Morgan fingerprint density at radius 1 is 1.50 bits per heavy atom. The van der Waals surface area contributed by atoms with Gasteiger partial charge in [-0.25, -0.2) is 4.39 Å². The topological polar surface area (TPSA) is 46.3 Å². The molecule has 0 saturated heterocycles. The Balaban J connectivity index is 3.01. The van der Waals surface area contributed by atoms with Crippen LogP contribution in [0.1, 0.15) is 29.3 Å². The van der Waals surface area contributed by atoms with E-state index in [9.17, 15) is 9.18 Å². The number of nitrogens with zero attached hydrogens (tertiary/aromatic N) is 1. The Labute approximate surface area is 112 Å². The SMILES string of the molecule is CCCN(CC(N)=S)C(=O)c1cc(C)ccc1F. The lowest BCUT2D eigenvalue weighted by Crippen LogP contribution is -2.38. The molecule has 1 aromatic carbocycles. The van der Waals surface area contributed by atoms with E-state index in [4.69, 9.17) is 18.0 Å². The second-order valence-corrected chi connectivity index (χ2v) is 4.70. The maximum absolute atomic E-state index is 13.6. The molecule has 0 spiro atoms. The van der Waals surface area contributed by atoms with Crippen molar-refractivity contribution in [3.8, 4) is 0 Å². The average molecular weight is 268 g/mol. The number of carbonyl (C=O) groups is 1. The van der Waals surface area contributed by atoms with Crippen LogP contribution in [-0.4, -0.2) is 28.9 Å². The predicted molar refractivity (Wildman–Crippen MR) is 74.1 cm³/mol. The molecule has 0 aliphatic heterocycles. The lowest BCUT2D eigenvalue weighted by molar-refractivity contribution is 0.0775. The van der Waals surface area contributed by atoms with Gasteiger partial charge < -0.3 is 10.6 Å². The van der Waals surface area contributed by atoms with Crippen molar-refractivity contribution in [3.05, 3.63) is 35.1 Å². The highest BCUT2D eigenvalue weighted by Crippen LogP contribution is 2.13. The van der Waals surface area contributed by atoms with Crippen molar-refractivity contribution in [2.24, 2.45) is 5.73 Å². The van der Waals surface area contributed by atoms with Crippen molar-refractivity contribution in [2.45, 2.75) is 20.3 Å². The molecule has 2 N–H and O–H groups in total. The van der Waals surface area contributed by atoms with Gasteiger partial charge in [-0.05, 0) is 25.5 Å². The quantitative estimate of drug-likeness (QED) is 0.833. The molecule has 0 atom stereocenters. The zero-order valence-electron chi connectivity index (χ0n) is 10.6. The van der Waals surface area contributed by atoms with Crippen LogP contribution in [0.15, 0.2) is 18.2 Å². The zero-order chi connectivity index (χ0) is 13.7. The highest BCUT2D eigenvalue weighted by atomic mass is 32.1. The molecule has 18 heavy (non-hydrogen) atoms. The number of hydrogen-bond donors (Lipinski definition) is 1. The van der Waals surface area contributed by atoms with E-state index in [2.05, 4.69) is 0 Å². The summed E-state index contributed by atoms with van der Waals surface area (Å²) in [6.07, 6.45) is 0.766. The third-order valence-electron chi connectivity index (χ3n) is 2.48. The van der Waals surface area contributed by atoms with Gasteiger partial charge in [0.05, 0.1) is 17.1 Å². The fourth-order valence-corrected chi connectivity index (χ4v) is 1.84. The van der Waals surface area contributed by atoms with Gasteiger partial charge in [0.15, 0.2) is 0 Å². The summed E-state index contributed by atoms with van der Waals surface area (Å²) in [6.45, 7) is 4.43. The van der Waals surface area contributed by atoms with Crippen molar-refractivity contribution in [1.29, 1.82) is 0 Å². The molecule has 0 unspecified atom stereocenters. The summed E-state index contributed by atoms with van der Waals surface area (Å²) in [4.78, 5) is 13.9. The highest BCUT2D eigenvalue weighted by molar-refractivity contribution is 7.80. The Morgan fingerprint density at radius 2 is 2.17 bits per heavy atom. The maximum Gasteiger partial charge on any atom is 0.257 e. The molecule has 98 valence electrons. The first-order valence-corrected chi connectivity index (χ1v) is 6.20. The lowest BCUT2D eigenvalue weighted by Gasteiger charge is -2.21. The number of aryl methyl sites for hydroxylation is 1. The van der Waals surface area contributed by atoms with Gasteiger partial charge in [0.2, 0.25) is 0 Å². The van der Waals surface area contributed by atoms with Crippen LogP contribution in [0.4, 0.5) is 4.39 Å². The Hall–Kier alpha value is -1.49. The van der Waals surface area contributed by atoms with Crippen LogP contribution < -0.4 is 5.73 Å². The fourth-order valence-electron chi connectivity index (χ4n) is 1.68. The number of benzene rings is 1. The molecule has 0 heterocycles. The number of amides is 1. The third-order valence-corrected chi connectivity index (χ3v) is 2.61. The number of hydrogen-bond acceptors (Lipinski definition) is 2. The van der Waals surface area contributed by atoms with Crippen LogP contribution in [0.25, 0.3) is 0 Å². The van der Waals surface area contributed by atoms with Gasteiger partial charge in [0.1, 0.15) is 5.82 Å². The summed E-state index contributed by atoms with van der Waals surface area (Å²) in [5.74, 6) is -0.888. The first kappa shape index (κ1) is 14.6. The summed E-state index contributed by atoms with van der Waals surface area (Å²) in [6, 6.07) is 4.47. The van der Waals surface area contributed by atoms with E-state index in [0.717, 1.165) is 12.0 Å². The summed E-state index contributed by atoms with van der Waals surface area (Å²) >= 11 is 4.80. The zero-order valence-corrected chi connectivity index (χ0v) is 11.4. The van der Waals surface area contributed by atoms with Crippen molar-refractivity contribution in [3.63, 3.8) is 0 Å². The normalized spacial score (nSPS) is 10.2. The molecule has 1 rings (SSSR count). The van der Waals surface area contributed by atoms with Gasteiger partial charge in [-0.3, -0.25) is 4.79 Å². The van der Waals surface area contributed by atoms with Crippen molar-refractivity contribution in [2.75, 3.05) is 13.1 Å². The van der Waals surface area contributed by atoms with Gasteiger partial charge in [0, 0.05) is 6.54 Å². The molecule has 1 aromatic rings. The molecule has 1 amide bonds. The van der Waals surface area contributed by atoms with Crippen LogP contribution in [0, 0.1) is 12.7 Å². The van der Waals surface area contributed by atoms with E-state index >= 15 is 0 Å². The average Bonchev–Trinajstić information content (AvgIpc) is 2.30. The van der Waals surface area contributed by atoms with Gasteiger partial charge in [-0.15, -0.1) is 0 Å². The first-order valence-electron chi connectivity index (χ1n) is 5.79. The molecule has 0 saturated carbocycles. The Morgan fingerprint density at radius 3 is 2.72 bits per heavy atom. The fraction of sp³-hybridized carbons (Fsp3) is 0.385. The van der Waals surface area contributed by atoms with Crippen LogP contribution in [0.2, 0.25) is 0 Å². The first-order chi connectivity index (χ1) is 8.45. The standard InChI is InChI=1S/C13H17FN2OS/c1-3-6-16(8-12(15)18)13(17)10-7-9(2)4-5-11(10)14/h4-5,7H,3,6,8H2,1-2H3,(H2,15,18). The predicted octanol–water partition coefficient (Wildman–Crippen LogP) is 2.27. The van der Waals surface area contributed by atoms with Gasteiger partial charge >= 0.3 is 0 Å². The van der Waals surface area contributed by atoms with Crippen LogP contribution in [-0.2, 0) is 0 Å². The molecule has 0 aromatic heterocycles. The Kier molecular flexibility index (Phi) is 5.22. The molecule has 3 nitrogen and oxygen atoms in total. The minimum Gasteiger partial charge on any atom is -0.392 e. The number of halogens is 1. The second kappa shape index (κ2) is 6.44. The second-order valence-electron chi connectivity index (χ2n) is 4.18. The largest absolute Gasteiger partial charge is 0.392 e. The molecule has 0 aliphatic carbocycles. The summed E-state index contributed by atoms with van der Waals surface area (Å²) in [7, 11) is 0. The molecule has 0 fully saturated rings. The summed E-state index contributed by atoms with van der Waals surface area (Å²) < 4.78 is 13.6. The van der Waals surface area contributed by atoms with E-state index in [1.165, 1.54) is 11.0 Å². The Bertz CT molecular complexity index is 462. The summed E-state index contributed by atoms with van der Waals surface area (Å²) in [5.41, 5.74) is 6.36. The monoisotopic (exact) mass is 268 g/mol. The summed E-state index contributed by atoms with van der Waals surface area (Å²) in [5, 5.41) is 0. The van der Waals surface area contributed by atoms with E-state index < -0.39 is 5.82 Å². The van der Waals surface area contributed by atoms with E-state index in [-0.39, 0.29) is 23.0 Å². The maximum atomic E-state index is 13.6. The van der Waals surface area contributed by atoms with Crippen LogP contribution in [0.3, 0.4) is 0 Å².